The first-order valence-electron chi connectivity index (χ1n) is 13.2. The van der Waals surface area contributed by atoms with Crippen LogP contribution in [0.5, 0.6) is 5.75 Å². The Morgan fingerprint density at radius 2 is 1.76 bits per heavy atom. The van der Waals surface area contributed by atoms with Gasteiger partial charge in [-0.2, -0.15) is 4.39 Å². The van der Waals surface area contributed by atoms with Crippen LogP contribution >= 0.6 is 11.6 Å². The van der Waals surface area contributed by atoms with Gasteiger partial charge < -0.3 is 34.9 Å². The Morgan fingerprint density at radius 1 is 1.05 bits per heavy atom. The van der Waals surface area contributed by atoms with Crippen molar-refractivity contribution in [3.63, 3.8) is 0 Å². The van der Waals surface area contributed by atoms with Gasteiger partial charge >= 0.3 is 0 Å². The van der Waals surface area contributed by atoms with E-state index in [1.807, 2.05) is 0 Å². The fraction of sp³-hybridized carbons (Fsp3) is 0.357. The third-order valence-corrected chi connectivity index (χ3v) is 7.15. The second kappa shape index (κ2) is 13.7. The summed E-state index contributed by atoms with van der Waals surface area (Å²) in [7, 11) is 2.73. The lowest BCUT2D eigenvalue weighted by atomic mass is 10.1. The summed E-state index contributed by atoms with van der Waals surface area (Å²) >= 11 is 6.41. The summed E-state index contributed by atoms with van der Waals surface area (Å²) < 4.78 is 40.2. The topological polar surface area (TPSA) is 132 Å². The molecule has 14 heteroatoms. The third-order valence-electron chi connectivity index (χ3n) is 6.83. The molecule has 0 atom stereocenters. The van der Waals surface area contributed by atoms with E-state index in [1.54, 1.807) is 9.80 Å². The van der Waals surface area contributed by atoms with Crippen LogP contribution in [0.1, 0.15) is 27.4 Å². The Labute approximate surface area is 246 Å². The number of rotatable bonds is 10. The van der Waals surface area contributed by atoms with Gasteiger partial charge in [-0.3, -0.25) is 14.4 Å². The normalized spacial score (nSPS) is 13.3. The van der Waals surface area contributed by atoms with Gasteiger partial charge in [0.25, 0.3) is 11.8 Å². The van der Waals surface area contributed by atoms with Crippen molar-refractivity contribution in [1.29, 1.82) is 0 Å². The second-order valence-electron chi connectivity index (χ2n) is 9.44. The van der Waals surface area contributed by atoms with Crippen molar-refractivity contribution in [3.8, 4) is 17.0 Å². The molecule has 0 saturated carbocycles. The SMILES string of the molecule is COc1ccc(-c2cnc(C(=O)Nc3ccc(C(=O)N4CCN(C(=O)CCOCCN)CC4)c(Cl)c3)n2C)c(F)c1F. The number of halogens is 3. The molecule has 224 valence electrons. The number of imidazole rings is 1. The summed E-state index contributed by atoms with van der Waals surface area (Å²) in [5, 5.41) is 2.79. The fourth-order valence-electron chi connectivity index (χ4n) is 4.54. The van der Waals surface area contributed by atoms with E-state index in [-0.39, 0.29) is 51.7 Å². The first-order valence-corrected chi connectivity index (χ1v) is 13.5. The second-order valence-corrected chi connectivity index (χ2v) is 9.85. The number of carbonyl (C=O) groups excluding carboxylic acids is 3. The number of amides is 3. The highest BCUT2D eigenvalue weighted by atomic mass is 35.5. The minimum absolute atomic E-state index is 0.0432. The minimum atomic E-state index is -1.15. The summed E-state index contributed by atoms with van der Waals surface area (Å²) in [6.07, 6.45) is 1.51. The molecule has 1 fully saturated rings. The Hall–Kier alpha value is -4.07. The van der Waals surface area contributed by atoms with E-state index in [9.17, 15) is 23.2 Å². The Kier molecular flexibility index (Phi) is 10.1. The minimum Gasteiger partial charge on any atom is -0.494 e. The molecule has 1 aromatic heterocycles. The van der Waals surface area contributed by atoms with E-state index >= 15 is 0 Å². The molecule has 1 saturated heterocycles. The zero-order valence-electron chi connectivity index (χ0n) is 23.2. The maximum Gasteiger partial charge on any atom is 0.291 e. The van der Waals surface area contributed by atoms with E-state index in [0.29, 0.717) is 51.6 Å². The molecule has 0 bridgehead atoms. The third kappa shape index (κ3) is 6.69. The van der Waals surface area contributed by atoms with Gasteiger partial charge in [0.05, 0.1) is 49.2 Å². The molecule has 0 unspecified atom stereocenters. The first-order chi connectivity index (χ1) is 20.2. The molecule has 3 amide bonds. The average Bonchev–Trinajstić information content (AvgIpc) is 3.37. The van der Waals surface area contributed by atoms with Crippen molar-refractivity contribution in [2.45, 2.75) is 6.42 Å². The number of ether oxygens (including phenoxy) is 2. The van der Waals surface area contributed by atoms with Gasteiger partial charge in [0.1, 0.15) is 0 Å². The summed E-state index contributed by atoms with van der Waals surface area (Å²) in [6, 6.07) is 7.10. The molecule has 0 spiro atoms. The standard InChI is InChI=1S/C28H31ClF2N6O5/c1-35-21(19-5-6-22(41-2)25(31)24(19)30)16-33-26(35)27(39)34-17-3-4-18(20(29)15-17)28(40)37-11-9-36(10-12-37)23(38)7-13-42-14-8-32/h3-6,15-16H,7-14,32H2,1-2H3,(H,34,39). The number of benzene rings is 2. The van der Waals surface area contributed by atoms with Gasteiger partial charge in [0, 0.05) is 51.0 Å². The van der Waals surface area contributed by atoms with E-state index in [1.165, 1.54) is 55.3 Å². The van der Waals surface area contributed by atoms with Gasteiger partial charge in [-0.1, -0.05) is 11.6 Å². The van der Waals surface area contributed by atoms with Crippen molar-refractivity contribution < 1.29 is 32.6 Å². The lowest BCUT2D eigenvalue weighted by molar-refractivity contribution is -0.133. The van der Waals surface area contributed by atoms with E-state index in [0.717, 1.165) is 0 Å². The molecular formula is C28H31ClF2N6O5. The zero-order chi connectivity index (χ0) is 30.4. The van der Waals surface area contributed by atoms with Gasteiger partial charge in [-0.25, -0.2) is 9.37 Å². The molecular weight excluding hydrogens is 574 g/mol. The Balaban J connectivity index is 1.38. The highest BCUT2D eigenvalue weighted by molar-refractivity contribution is 6.34. The van der Waals surface area contributed by atoms with E-state index in [2.05, 4.69) is 10.3 Å². The van der Waals surface area contributed by atoms with Gasteiger partial charge in [0.2, 0.25) is 11.7 Å². The van der Waals surface area contributed by atoms with Crippen LogP contribution in [0.3, 0.4) is 0 Å². The number of anilines is 1. The summed E-state index contributed by atoms with van der Waals surface area (Å²) in [5.74, 6) is -3.54. The predicted octanol–water partition coefficient (Wildman–Crippen LogP) is 2.93. The summed E-state index contributed by atoms with van der Waals surface area (Å²) in [5.41, 5.74) is 6.02. The Morgan fingerprint density at radius 3 is 2.43 bits per heavy atom. The highest BCUT2D eigenvalue weighted by Crippen LogP contribution is 2.30. The molecule has 11 nitrogen and oxygen atoms in total. The number of nitrogens with two attached hydrogens (primary N) is 1. The molecule has 1 aliphatic rings. The number of piperazine rings is 1. The molecule has 3 aromatic rings. The van der Waals surface area contributed by atoms with Gasteiger partial charge in [-0.15, -0.1) is 0 Å². The van der Waals surface area contributed by atoms with Crippen LogP contribution in [0.15, 0.2) is 36.5 Å². The number of hydrogen-bond acceptors (Lipinski definition) is 7. The van der Waals surface area contributed by atoms with Gasteiger partial charge in [-0.05, 0) is 30.3 Å². The maximum absolute atomic E-state index is 14.6. The smallest absolute Gasteiger partial charge is 0.291 e. The average molecular weight is 605 g/mol. The van der Waals surface area contributed by atoms with Crippen LogP contribution in [-0.4, -0.2) is 90.1 Å². The fourth-order valence-corrected chi connectivity index (χ4v) is 4.80. The van der Waals surface area contributed by atoms with Crippen LogP contribution in [-0.2, 0) is 16.6 Å². The number of nitrogens with zero attached hydrogens (tertiary/aromatic N) is 4. The predicted molar refractivity (Wildman–Crippen MR) is 151 cm³/mol. The van der Waals surface area contributed by atoms with Crippen molar-refractivity contribution in [2.24, 2.45) is 12.8 Å². The lowest BCUT2D eigenvalue weighted by Gasteiger charge is -2.35. The quantitative estimate of drug-likeness (QED) is 0.340. The van der Waals surface area contributed by atoms with Crippen LogP contribution in [0.2, 0.25) is 5.02 Å². The molecule has 4 rings (SSSR count). The van der Waals surface area contributed by atoms with Crippen molar-refractivity contribution >= 4 is 35.0 Å². The molecule has 2 heterocycles. The molecule has 0 radical (unpaired) electrons. The van der Waals surface area contributed by atoms with Crippen molar-refractivity contribution in [1.82, 2.24) is 19.4 Å². The van der Waals surface area contributed by atoms with Crippen molar-refractivity contribution in [2.75, 3.05) is 58.4 Å². The largest absolute Gasteiger partial charge is 0.494 e. The number of carbonyl (C=O) groups is 3. The molecule has 2 aromatic carbocycles. The van der Waals surface area contributed by atoms with Gasteiger partial charge in [0.15, 0.2) is 17.4 Å². The first kappa shape index (κ1) is 30.9. The zero-order valence-corrected chi connectivity index (χ0v) is 23.9. The molecule has 0 aliphatic carbocycles. The number of hydrogen-bond donors (Lipinski definition) is 2. The summed E-state index contributed by atoms with van der Waals surface area (Å²) in [4.78, 5) is 45.8. The Bertz CT molecular complexity index is 1480. The van der Waals surface area contributed by atoms with Crippen LogP contribution in [0, 0.1) is 11.6 Å². The number of nitrogens with one attached hydrogen (secondary N) is 1. The van der Waals surface area contributed by atoms with E-state index < -0.39 is 17.5 Å². The van der Waals surface area contributed by atoms with Crippen LogP contribution in [0.25, 0.3) is 11.3 Å². The maximum atomic E-state index is 14.6. The highest BCUT2D eigenvalue weighted by Gasteiger charge is 2.26. The molecule has 3 N–H and O–H groups in total. The van der Waals surface area contributed by atoms with E-state index in [4.69, 9.17) is 26.8 Å². The molecule has 42 heavy (non-hydrogen) atoms. The number of aromatic nitrogens is 2. The number of methoxy groups -OCH3 is 1. The van der Waals surface area contributed by atoms with Crippen LogP contribution in [0.4, 0.5) is 14.5 Å². The lowest BCUT2D eigenvalue weighted by Crippen LogP contribution is -2.50. The monoisotopic (exact) mass is 604 g/mol. The van der Waals surface area contributed by atoms with Crippen LogP contribution < -0.4 is 15.8 Å². The summed E-state index contributed by atoms with van der Waals surface area (Å²) in [6.45, 7) is 2.59. The molecule has 1 aliphatic heterocycles. The van der Waals surface area contributed by atoms with Crippen molar-refractivity contribution in [3.05, 3.63) is 64.6 Å².